The van der Waals surface area contributed by atoms with Crippen molar-refractivity contribution >= 4 is 0 Å². The molecule has 0 radical (unpaired) electrons. The molecular formula is C8H14F3N. The Morgan fingerprint density at radius 1 is 1.33 bits per heavy atom. The second kappa shape index (κ2) is 3.64. The fourth-order valence-corrected chi connectivity index (χ4v) is 1.30. The number of nitrogens with two attached hydrogens (primary N) is 1. The first-order valence-electron chi connectivity index (χ1n) is 4.31. The van der Waals surface area contributed by atoms with Gasteiger partial charge in [0.2, 0.25) is 0 Å². The van der Waals surface area contributed by atoms with Gasteiger partial charge in [-0.15, -0.1) is 0 Å². The summed E-state index contributed by atoms with van der Waals surface area (Å²) >= 11 is 0. The second-order valence-electron chi connectivity index (χ2n) is 3.51. The molecule has 1 fully saturated rings. The zero-order valence-corrected chi connectivity index (χ0v) is 6.90. The minimum absolute atomic E-state index is 0.00681. The van der Waals surface area contributed by atoms with Gasteiger partial charge in [-0.1, -0.05) is 0 Å². The minimum Gasteiger partial charge on any atom is -0.327 e. The maximum absolute atomic E-state index is 11.7. The van der Waals surface area contributed by atoms with E-state index in [2.05, 4.69) is 0 Å². The van der Waals surface area contributed by atoms with Gasteiger partial charge in [-0.2, -0.15) is 13.2 Å². The van der Waals surface area contributed by atoms with E-state index >= 15 is 0 Å². The number of halogens is 3. The van der Waals surface area contributed by atoms with Crippen LogP contribution >= 0.6 is 0 Å². The largest absolute Gasteiger partial charge is 0.389 e. The third-order valence-corrected chi connectivity index (χ3v) is 2.23. The predicted molar refractivity (Wildman–Crippen MR) is 40.6 cm³/mol. The smallest absolute Gasteiger partial charge is 0.327 e. The van der Waals surface area contributed by atoms with Gasteiger partial charge in [-0.3, -0.25) is 0 Å². The molecule has 12 heavy (non-hydrogen) atoms. The lowest BCUT2D eigenvalue weighted by Gasteiger charge is -2.10. The number of hydrogen-bond acceptors (Lipinski definition) is 1. The first-order valence-corrected chi connectivity index (χ1v) is 4.31. The van der Waals surface area contributed by atoms with E-state index in [-0.39, 0.29) is 12.5 Å². The molecule has 72 valence electrons. The van der Waals surface area contributed by atoms with Crippen LogP contribution in [0.5, 0.6) is 0 Å². The van der Waals surface area contributed by atoms with Crippen LogP contribution in [0.25, 0.3) is 0 Å². The van der Waals surface area contributed by atoms with E-state index in [0.717, 1.165) is 12.8 Å². The monoisotopic (exact) mass is 181 g/mol. The average molecular weight is 181 g/mol. The summed E-state index contributed by atoms with van der Waals surface area (Å²) in [5.41, 5.74) is 5.64. The van der Waals surface area contributed by atoms with E-state index in [1.807, 2.05) is 0 Å². The van der Waals surface area contributed by atoms with Crippen molar-refractivity contribution in [2.75, 3.05) is 0 Å². The van der Waals surface area contributed by atoms with Crippen molar-refractivity contribution in [1.29, 1.82) is 0 Å². The van der Waals surface area contributed by atoms with Crippen molar-refractivity contribution in [3.05, 3.63) is 0 Å². The van der Waals surface area contributed by atoms with E-state index in [0.29, 0.717) is 12.3 Å². The molecule has 0 aromatic heterocycles. The Morgan fingerprint density at radius 2 is 1.92 bits per heavy atom. The van der Waals surface area contributed by atoms with Crippen LogP contribution in [0.3, 0.4) is 0 Å². The Labute approximate surface area is 70.1 Å². The molecule has 1 atom stereocenters. The summed E-state index contributed by atoms with van der Waals surface area (Å²) in [7, 11) is 0. The van der Waals surface area contributed by atoms with Gasteiger partial charge in [0.05, 0.1) is 0 Å². The summed E-state index contributed by atoms with van der Waals surface area (Å²) in [6, 6.07) is 0.00681. The highest BCUT2D eigenvalue weighted by molar-refractivity contribution is 4.83. The van der Waals surface area contributed by atoms with Crippen LogP contribution in [0.4, 0.5) is 13.2 Å². The molecule has 0 amide bonds. The van der Waals surface area contributed by atoms with E-state index in [1.54, 1.807) is 0 Å². The molecule has 0 aromatic carbocycles. The Morgan fingerprint density at radius 3 is 2.33 bits per heavy atom. The van der Waals surface area contributed by atoms with Crippen molar-refractivity contribution in [2.24, 2.45) is 11.7 Å². The average Bonchev–Trinajstić information content (AvgIpc) is 2.64. The molecule has 1 nitrogen and oxygen atoms in total. The Bertz CT molecular complexity index is 140. The molecule has 0 saturated heterocycles. The first kappa shape index (κ1) is 9.84. The third-order valence-electron chi connectivity index (χ3n) is 2.23. The molecule has 1 aliphatic carbocycles. The van der Waals surface area contributed by atoms with E-state index in [9.17, 15) is 13.2 Å². The molecule has 4 heteroatoms. The molecule has 0 spiro atoms. The van der Waals surface area contributed by atoms with Crippen LogP contribution in [-0.4, -0.2) is 12.2 Å². The van der Waals surface area contributed by atoms with Gasteiger partial charge in [0.15, 0.2) is 0 Å². The van der Waals surface area contributed by atoms with Crippen LogP contribution in [0.15, 0.2) is 0 Å². The summed E-state index contributed by atoms with van der Waals surface area (Å²) in [6.07, 6.45) is -1.79. The topological polar surface area (TPSA) is 26.0 Å². The highest BCUT2D eigenvalue weighted by Gasteiger charge is 2.30. The summed E-state index contributed by atoms with van der Waals surface area (Å²) in [5.74, 6) is 0.512. The number of rotatable bonds is 4. The van der Waals surface area contributed by atoms with Crippen LogP contribution in [0.2, 0.25) is 0 Å². The van der Waals surface area contributed by atoms with E-state index < -0.39 is 12.6 Å². The van der Waals surface area contributed by atoms with Crippen LogP contribution in [0, 0.1) is 5.92 Å². The van der Waals surface area contributed by atoms with Gasteiger partial charge >= 0.3 is 6.18 Å². The van der Waals surface area contributed by atoms with Gasteiger partial charge in [-0.05, 0) is 31.6 Å². The molecule has 2 N–H and O–H groups in total. The van der Waals surface area contributed by atoms with E-state index in [4.69, 9.17) is 5.73 Å². The second-order valence-corrected chi connectivity index (χ2v) is 3.51. The van der Waals surface area contributed by atoms with Gasteiger partial charge < -0.3 is 5.73 Å². The summed E-state index contributed by atoms with van der Waals surface area (Å²) in [5, 5.41) is 0. The van der Waals surface area contributed by atoms with Gasteiger partial charge in [0, 0.05) is 12.5 Å². The lowest BCUT2D eigenvalue weighted by molar-refractivity contribution is -0.135. The molecule has 0 aliphatic heterocycles. The summed E-state index contributed by atoms with van der Waals surface area (Å²) in [4.78, 5) is 0. The van der Waals surface area contributed by atoms with Crippen molar-refractivity contribution in [3.8, 4) is 0 Å². The zero-order chi connectivity index (χ0) is 9.19. The fourth-order valence-electron chi connectivity index (χ4n) is 1.30. The Kier molecular flexibility index (Phi) is 2.99. The molecule has 1 saturated carbocycles. The maximum atomic E-state index is 11.7. The number of hydrogen-bond donors (Lipinski definition) is 1. The first-order chi connectivity index (χ1) is 5.49. The van der Waals surface area contributed by atoms with Crippen molar-refractivity contribution in [1.82, 2.24) is 0 Å². The van der Waals surface area contributed by atoms with Crippen molar-refractivity contribution in [2.45, 2.75) is 44.3 Å². The van der Waals surface area contributed by atoms with E-state index in [1.165, 1.54) is 0 Å². The molecule has 0 aromatic rings. The molecule has 1 rings (SSSR count). The van der Waals surface area contributed by atoms with Crippen molar-refractivity contribution < 1.29 is 13.2 Å². The standard InChI is InChI=1S/C8H14F3N/c9-8(10,11)5-1-2-7(12)6-3-4-6/h6-7H,1-5,12H2. The lowest BCUT2D eigenvalue weighted by Crippen LogP contribution is -2.22. The quantitative estimate of drug-likeness (QED) is 0.708. The molecule has 1 aliphatic rings. The third kappa shape index (κ3) is 3.95. The predicted octanol–water partition coefficient (Wildman–Crippen LogP) is 2.46. The number of alkyl halides is 3. The Balaban J connectivity index is 2.01. The lowest BCUT2D eigenvalue weighted by atomic mass is 10.1. The fraction of sp³-hybridized carbons (Fsp3) is 1.00. The zero-order valence-electron chi connectivity index (χ0n) is 6.90. The maximum Gasteiger partial charge on any atom is 0.389 e. The minimum atomic E-state index is -4.01. The SMILES string of the molecule is NC(CCCC(F)(F)F)C1CC1. The summed E-state index contributed by atoms with van der Waals surface area (Å²) < 4.78 is 35.0. The van der Waals surface area contributed by atoms with Crippen LogP contribution < -0.4 is 5.73 Å². The van der Waals surface area contributed by atoms with Crippen molar-refractivity contribution in [3.63, 3.8) is 0 Å². The van der Waals surface area contributed by atoms with Gasteiger partial charge in [0.25, 0.3) is 0 Å². The Hall–Kier alpha value is -0.250. The highest BCUT2D eigenvalue weighted by atomic mass is 19.4. The molecule has 0 bridgehead atoms. The van der Waals surface area contributed by atoms with Crippen LogP contribution in [0.1, 0.15) is 32.1 Å². The normalized spacial score (nSPS) is 21.0. The molecular weight excluding hydrogens is 167 g/mol. The highest BCUT2D eigenvalue weighted by Crippen LogP contribution is 2.34. The van der Waals surface area contributed by atoms with Gasteiger partial charge in [0.1, 0.15) is 0 Å². The van der Waals surface area contributed by atoms with Crippen LogP contribution in [-0.2, 0) is 0 Å². The molecule has 1 unspecified atom stereocenters. The molecule has 0 heterocycles. The van der Waals surface area contributed by atoms with Gasteiger partial charge in [-0.25, -0.2) is 0 Å². The summed E-state index contributed by atoms with van der Waals surface area (Å²) in [6.45, 7) is 0.